The highest BCUT2D eigenvalue weighted by atomic mass is 127. The number of nitrogens with two attached hydrogens (primary N) is 1. The third-order valence-electron chi connectivity index (χ3n) is 3.33. The van der Waals surface area contributed by atoms with Gasteiger partial charge in [-0.1, -0.05) is 13.8 Å². The van der Waals surface area contributed by atoms with E-state index in [2.05, 4.69) is 27.9 Å². The predicted molar refractivity (Wildman–Crippen MR) is 85.2 cm³/mol. The van der Waals surface area contributed by atoms with E-state index in [1.165, 1.54) is 0 Å². The molecule has 5 heteroatoms. The number of hydrogen-bond donors (Lipinski definition) is 2. The van der Waals surface area contributed by atoms with Crippen LogP contribution in [0.1, 0.15) is 26.7 Å². The second-order valence-electron chi connectivity index (χ2n) is 4.48. The highest BCUT2D eigenvalue weighted by molar-refractivity contribution is 14.1. The van der Waals surface area contributed by atoms with Crippen LogP contribution in [0, 0.1) is 3.57 Å². The molecule has 0 unspecified atom stereocenters. The van der Waals surface area contributed by atoms with Gasteiger partial charge in [-0.2, -0.15) is 0 Å². The first-order chi connectivity index (χ1) is 9.05. The van der Waals surface area contributed by atoms with Crippen molar-refractivity contribution >= 4 is 28.5 Å². The number of ether oxygens (including phenoxy) is 1. The number of carbonyl (C=O) groups excluding carboxylic acids is 1. The molecule has 0 aliphatic carbocycles. The molecular formula is C14H21IN2O2. The van der Waals surface area contributed by atoms with Gasteiger partial charge in [-0.3, -0.25) is 4.79 Å². The third kappa shape index (κ3) is 4.99. The standard InChI is InChI=1S/C14H21IN2O2/c1-3-14(4-2,10-16)17-13(18)9-19-12-7-5-11(15)6-8-12/h5-8H,3-4,9-10,16H2,1-2H3,(H,17,18). The molecule has 0 fully saturated rings. The van der Waals surface area contributed by atoms with Crippen molar-refractivity contribution in [3.63, 3.8) is 0 Å². The smallest absolute Gasteiger partial charge is 0.258 e. The van der Waals surface area contributed by atoms with Crippen LogP contribution in [0.2, 0.25) is 0 Å². The maximum atomic E-state index is 11.9. The average molecular weight is 376 g/mol. The van der Waals surface area contributed by atoms with Gasteiger partial charge < -0.3 is 15.8 Å². The monoisotopic (exact) mass is 376 g/mol. The number of carbonyl (C=O) groups is 1. The van der Waals surface area contributed by atoms with Crippen LogP contribution in [0.5, 0.6) is 5.75 Å². The molecule has 1 rings (SSSR count). The van der Waals surface area contributed by atoms with E-state index in [1.807, 2.05) is 38.1 Å². The van der Waals surface area contributed by atoms with E-state index < -0.39 is 0 Å². The van der Waals surface area contributed by atoms with Gasteiger partial charge >= 0.3 is 0 Å². The van der Waals surface area contributed by atoms with Crippen LogP contribution in [-0.2, 0) is 4.79 Å². The molecule has 19 heavy (non-hydrogen) atoms. The zero-order valence-electron chi connectivity index (χ0n) is 11.4. The Hall–Kier alpha value is -0.820. The number of nitrogens with one attached hydrogen (secondary N) is 1. The molecule has 0 heterocycles. The fraction of sp³-hybridized carbons (Fsp3) is 0.500. The van der Waals surface area contributed by atoms with Crippen LogP contribution in [-0.4, -0.2) is 24.6 Å². The van der Waals surface area contributed by atoms with Crippen LogP contribution in [0.3, 0.4) is 0 Å². The van der Waals surface area contributed by atoms with Crippen molar-refractivity contribution in [1.29, 1.82) is 0 Å². The predicted octanol–water partition coefficient (Wildman–Crippen LogP) is 2.30. The Kier molecular flexibility index (Phi) is 6.57. The van der Waals surface area contributed by atoms with Gasteiger partial charge in [0, 0.05) is 10.1 Å². The molecule has 4 nitrogen and oxygen atoms in total. The minimum absolute atomic E-state index is 0.0162. The van der Waals surface area contributed by atoms with E-state index >= 15 is 0 Å². The summed E-state index contributed by atoms with van der Waals surface area (Å²) >= 11 is 2.22. The zero-order chi connectivity index (χ0) is 14.3. The third-order valence-corrected chi connectivity index (χ3v) is 4.05. The first-order valence-corrected chi connectivity index (χ1v) is 7.52. The average Bonchev–Trinajstić information content (AvgIpc) is 2.44. The molecule has 1 aromatic rings. The van der Waals surface area contributed by atoms with Gasteiger partial charge in [0.15, 0.2) is 6.61 Å². The van der Waals surface area contributed by atoms with Crippen molar-refractivity contribution in [3.05, 3.63) is 27.8 Å². The molecule has 0 spiro atoms. The Morgan fingerprint density at radius 1 is 1.32 bits per heavy atom. The first kappa shape index (κ1) is 16.2. The van der Waals surface area contributed by atoms with Gasteiger partial charge in [-0.05, 0) is 59.7 Å². The Bertz CT molecular complexity index is 394. The number of hydrogen-bond acceptors (Lipinski definition) is 3. The lowest BCUT2D eigenvalue weighted by Crippen LogP contribution is -2.54. The van der Waals surface area contributed by atoms with Gasteiger partial charge in [0.1, 0.15) is 5.75 Å². The minimum atomic E-state index is -0.313. The van der Waals surface area contributed by atoms with Crippen LogP contribution in [0.25, 0.3) is 0 Å². The molecule has 0 aromatic heterocycles. The SMILES string of the molecule is CCC(CC)(CN)NC(=O)COc1ccc(I)cc1. The van der Waals surface area contributed by atoms with Crippen molar-refractivity contribution in [1.82, 2.24) is 5.32 Å². The highest BCUT2D eigenvalue weighted by Gasteiger charge is 2.26. The van der Waals surface area contributed by atoms with Crippen molar-refractivity contribution < 1.29 is 9.53 Å². The minimum Gasteiger partial charge on any atom is -0.484 e. The van der Waals surface area contributed by atoms with Crippen molar-refractivity contribution in [2.24, 2.45) is 5.73 Å². The lowest BCUT2D eigenvalue weighted by atomic mass is 9.93. The summed E-state index contributed by atoms with van der Waals surface area (Å²) in [5.74, 6) is 0.564. The lowest BCUT2D eigenvalue weighted by molar-refractivity contribution is -0.125. The van der Waals surface area contributed by atoms with E-state index in [-0.39, 0.29) is 18.1 Å². The molecule has 0 saturated heterocycles. The quantitative estimate of drug-likeness (QED) is 0.718. The Labute approximate surface area is 128 Å². The summed E-state index contributed by atoms with van der Waals surface area (Å²) in [6, 6.07) is 7.59. The van der Waals surface area contributed by atoms with Gasteiger partial charge in [0.05, 0.1) is 5.54 Å². The zero-order valence-corrected chi connectivity index (χ0v) is 13.6. The number of amides is 1. The Balaban J connectivity index is 2.49. The fourth-order valence-corrected chi connectivity index (χ4v) is 2.14. The first-order valence-electron chi connectivity index (χ1n) is 6.44. The van der Waals surface area contributed by atoms with Crippen LogP contribution < -0.4 is 15.8 Å². The molecule has 1 amide bonds. The second kappa shape index (κ2) is 7.69. The molecule has 0 radical (unpaired) electrons. The van der Waals surface area contributed by atoms with E-state index in [0.717, 1.165) is 16.4 Å². The summed E-state index contributed by atoms with van der Waals surface area (Å²) in [7, 11) is 0. The van der Waals surface area contributed by atoms with Crippen molar-refractivity contribution in [3.8, 4) is 5.75 Å². The van der Waals surface area contributed by atoms with E-state index in [9.17, 15) is 4.79 Å². The molecule has 0 saturated carbocycles. The summed E-state index contributed by atoms with van der Waals surface area (Å²) in [5, 5.41) is 2.97. The topological polar surface area (TPSA) is 64.3 Å². The molecular weight excluding hydrogens is 355 g/mol. The normalized spacial score (nSPS) is 11.2. The number of halogens is 1. The summed E-state index contributed by atoms with van der Waals surface area (Å²) in [5.41, 5.74) is 5.43. The number of benzene rings is 1. The number of rotatable bonds is 7. The van der Waals surface area contributed by atoms with Gasteiger partial charge in [-0.15, -0.1) is 0 Å². The lowest BCUT2D eigenvalue weighted by Gasteiger charge is -2.31. The van der Waals surface area contributed by atoms with E-state index in [0.29, 0.717) is 12.3 Å². The molecule has 0 bridgehead atoms. The molecule has 0 atom stereocenters. The molecule has 0 aliphatic rings. The van der Waals surface area contributed by atoms with Gasteiger partial charge in [0.25, 0.3) is 5.91 Å². The molecule has 106 valence electrons. The van der Waals surface area contributed by atoms with Crippen molar-refractivity contribution in [2.45, 2.75) is 32.2 Å². The fourth-order valence-electron chi connectivity index (χ4n) is 1.78. The summed E-state index contributed by atoms with van der Waals surface area (Å²) in [6.07, 6.45) is 1.63. The summed E-state index contributed by atoms with van der Waals surface area (Å²) in [4.78, 5) is 11.9. The van der Waals surface area contributed by atoms with Gasteiger partial charge in [0.2, 0.25) is 0 Å². The van der Waals surface area contributed by atoms with Crippen LogP contribution in [0.4, 0.5) is 0 Å². The molecule has 0 aliphatic heterocycles. The Morgan fingerprint density at radius 2 is 1.89 bits per heavy atom. The van der Waals surface area contributed by atoms with Crippen LogP contribution in [0.15, 0.2) is 24.3 Å². The maximum absolute atomic E-state index is 11.9. The largest absolute Gasteiger partial charge is 0.484 e. The molecule has 1 aromatic carbocycles. The second-order valence-corrected chi connectivity index (χ2v) is 5.73. The summed E-state index contributed by atoms with van der Waals surface area (Å²) < 4.78 is 6.58. The summed E-state index contributed by atoms with van der Waals surface area (Å²) in [6.45, 7) is 4.50. The van der Waals surface area contributed by atoms with E-state index in [1.54, 1.807) is 0 Å². The maximum Gasteiger partial charge on any atom is 0.258 e. The van der Waals surface area contributed by atoms with Crippen LogP contribution >= 0.6 is 22.6 Å². The van der Waals surface area contributed by atoms with Gasteiger partial charge in [-0.25, -0.2) is 0 Å². The molecule has 3 N–H and O–H groups in total. The van der Waals surface area contributed by atoms with Crippen molar-refractivity contribution in [2.75, 3.05) is 13.2 Å². The van der Waals surface area contributed by atoms with E-state index in [4.69, 9.17) is 10.5 Å². The highest BCUT2D eigenvalue weighted by Crippen LogP contribution is 2.15. The Morgan fingerprint density at radius 3 is 2.37 bits per heavy atom.